The van der Waals surface area contributed by atoms with Crippen LogP contribution in [0, 0.1) is 17.1 Å². The van der Waals surface area contributed by atoms with Crippen LogP contribution in [0.3, 0.4) is 0 Å². The third-order valence-electron chi connectivity index (χ3n) is 7.19. The van der Waals surface area contributed by atoms with Gasteiger partial charge in [0, 0.05) is 11.5 Å². The molecule has 6 rings (SSSR count). The first-order chi connectivity index (χ1) is 17.1. The van der Waals surface area contributed by atoms with Gasteiger partial charge in [0.2, 0.25) is 0 Å². The minimum atomic E-state index is -0.427. The number of hydrogen-bond acceptors (Lipinski definition) is 4. The van der Waals surface area contributed by atoms with Crippen molar-refractivity contribution in [2.24, 2.45) is 0 Å². The van der Waals surface area contributed by atoms with Crippen molar-refractivity contribution in [1.29, 1.82) is 5.26 Å². The molecule has 0 saturated carbocycles. The molecule has 0 radical (unpaired) electrons. The lowest BCUT2D eigenvalue weighted by atomic mass is 9.89. The zero-order valence-corrected chi connectivity index (χ0v) is 19.0. The molecular weight excluding hydrogens is 443 g/mol. The second kappa shape index (κ2) is 8.68. The van der Waals surface area contributed by atoms with E-state index in [9.17, 15) is 9.18 Å². The van der Waals surface area contributed by atoms with E-state index >= 15 is 0 Å². The summed E-state index contributed by atoms with van der Waals surface area (Å²) in [6.07, 6.45) is 1.98. The Morgan fingerprint density at radius 3 is 2.40 bits per heavy atom. The van der Waals surface area contributed by atoms with Gasteiger partial charge in [-0.15, -0.1) is 0 Å². The minimum absolute atomic E-state index is 0.00826. The first-order valence-electron chi connectivity index (χ1n) is 11.8. The quantitative estimate of drug-likeness (QED) is 0.511. The second-order valence-electron chi connectivity index (χ2n) is 9.17. The van der Waals surface area contributed by atoms with Crippen LogP contribution in [0.1, 0.15) is 34.6 Å². The lowest BCUT2D eigenvalue weighted by Gasteiger charge is -2.44. The fourth-order valence-corrected chi connectivity index (χ4v) is 5.59. The molecule has 2 unspecified atom stereocenters. The molecule has 2 heterocycles. The van der Waals surface area contributed by atoms with Crippen molar-refractivity contribution >= 4 is 11.7 Å². The Bertz CT molecular complexity index is 1350. The highest BCUT2D eigenvalue weighted by molar-refractivity contribution is 5.79. The maximum Gasteiger partial charge on any atom is 0.410 e. The van der Waals surface area contributed by atoms with Crippen LogP contribution in [0.4, 0.5) is 9.18 Å². The molecule has 2 atom stereocenters. The Balaban J connectivity index is 1.22. The lowest BCUT2D eigenvalue weighted by molar-refractivity contribution is -0.0331. The topological polar surface area (TPSA) is 62.6 Å². The SMILES string of the molecule is N#Cc1ccc(C2=CC3COCC(C2)N3C(=O)OCC2c3ccccc3-c3ccccc32)c(F)c1. The number of hydrogen-bond donors (Lipinski definition) is 0. The van der Waals surface area contributed by atoms with Crippen LogP contribution in [0.15, 0.2) is 72.8 Å². The summed E-state index contributed by atoms with van der Waals surface area (Å²) in [5.41, 5.74) is 6.28. The van der Waals surface area contributed by atoms with Crippen molar-refractivity contribution in [2.45, 2.75) is 24.4 Å². The molecule has 6 heteroatoms. The highest BCUT2D eigenvalue weighted by atomic mass is 19.1. The average Bonchev–Trinajstić information content (AvgIpc) is 3.20. The molecule has 3 aliphatic rings. The first-order valence-corrected chi connectivity index (χ1v) is 11.8. The third kappa shape index (κ3) is 3.69. The molecule has 2 bridgehead atoms. The second-order valence-corrected chi connectivity index (χ2v) is 9.17. The number of carbonyl (C=O) groups excluding carboxylic acids is 1. The Kier molecular flexibility index (Phi) is 5.35. The van der Waals surface area contributed by atoms with Crippen LogP contribution >= 0.6 is 0 Å². The largest absolute Gasteiger partial charge is 0.448 e. The highest BCUT2D eigenvalue weighted by Gasteiger charge is 2.40. The molecular formula is C29H23FN2O3. The average molecular weight is 467 g/mol. The van der Waals surface area contributed by atoms with E-state index in [1.165, 1.54) is 28.3 Å². The molecule has 3 aromatic carbocycles. The lowest BCUT2D eigenvalue weighted by Crippen LogP contribution is -2.56. The molecule has 2 aliphatic heterocycles. The Hall–Kier alpha value is -3.95. The molecule has 1 amide bonds. The van der Waals surface area contributed by atoms with E-state index in [0.29, 0.717) is 25.2 Å². The van der Waals surface area contributed by atoms with Gasteiger partial charge >= 0.3 is 6.09 Å². The number of carbonyl (C=O) groups is 1. The molecule has 0 aromatic heterocycles. The zero-order chi connectivity index (χ0) is 23.9. The minimum Gasteiger partial charge on any atom is -0.448 e. The van der Waals surface area contributed by atoms with Crippen molar-refractivity contribution in [3.05, 3.63) is 101 Å². The molecule has 1 saturated heterocycles. The normalized spacial score (nSPS) is 20.5. The number of benzene rings is 3. The van der Waals surface area contributed by atoms with Crippen LogP contribution in [-0.2, 0) is 9.47 Å². The Labute approximate surface area is 203 Å². The monoisotopic (exact) mass is 466 g/mol. The molecule has 35 heavy (non-hydrogen) atoms. The number of rotatable bonds is 3. The maximum atomic E-state index is 14.7. The molecule has 0 N–H and O–H groups in total. The summed E-state index contributed by atoms with van der Waals surface area (Å²) in [4.78, 5) is 15.0. The maximum absolute atomic E-state index is 14.7. The zero-order valence-electron chi connectivity index (χ0n) is 19.0. The van der Waals surface area contributed by atoms with Gasteiger partial charge < -0.3 is 9.47 Å². The van der Waals surface area contributed by atoms with Crippen LogP contribution in [0.2, 0.25) is 0 Å². The van der Waals surface area contributed by atoms with Gasteiger partial charge in [0.1, 0.15) is 12.4 Å². The predicted octanol–water partition coefficient (Wildman–Crippen LogP) is 5.50. The summed E-state index contributed by atoms with van der Waals surface area (Å²) in [5.74, 6) is -0.435. The van der Waals surface area contributed by atoms with Gasteiger partial charge in [-0.3, -0.25) is 4.90 Å². The van der Waals surface area contributed by atoms with E-state index in [1.807, 2.05) is 36.4 Å². The Morgan fingerprint density at radius 2 is 1.74 bits per heavy atom. The van der Waals surface area contributed by atoms with Crippen molar-refractivity contribution < 1.29 is 18.7 Å². The van der Waals surface area contributed by atoms with E-state index in [1.54, 1.807) is 17.0 Å². The molecule has 5 nitrogen and oxygen atoms in total. The van der Waals surface area contributed by atoms with E-state index in [4.69, 9.17) is 14.7 Å². The summed E-state index contributed by atoms with van der Waals surface area (Å²) >= 11 is 0. The smallest absolute Gasteiger partial charge is 0.410 e. The van der Waals surface area contributed by atoms with E-state index < -0.39 is 5.82 Å². The number of nitriles is 1. The van der Waals surface area contributed by atoms with Crippen molar-refractivity contribution in [3.8, 4) is 17.2 Å². The van der Waals surface area contributed by atoms with Gasteiger partial charge in [0.25, 0.3) is 0 Å². The number of halogens is 1. The van der Waals surface area contributed by atoms with Gasteiger partial charge in [-0.25, -0.2) is 9.18 Å². The van der Waals surface area contributed by atoms with E-state index in [2.05, 4.69) is 24.3 Å². The number of morpholine rings is 1. The summed E-state index contributed by atoms with van der Waals surface area (Å²) in [6, 6.07) is 22.4. The highest BCUT2D eigenvalue weighted by Crippen LogP contribution is 2.44. The van der Waals surface area contributed by atoms with Crippen LogP contribution < -0.4 is 0 Å². The summed E-state index contributed by atoms with van der Waals surface area (Å²) in [7, 11) is 0. The standard InChI is InChI=1S/C29H23FN2O3/c30-28-11-18(14-31)9-10-22(28)19-12-20-15-34-16-21(13-19)32(20)29(33)35-17-27-25-7-3-1-5-23(25)24-6-2-4-8-26(24)27/h1-12,20-21,27H,13,15-17H2. The van der Waals surface area contributed by atoms with Crippen LogP contribution in [-0.4, -0.2) is 42.9 Å². The predicted molar refractivity (Wildman–Crippen MR) is 129 cm³/mol. The molecule has 0 spiro atoms. The Morgan fingerprint density at radius 1 is 1.03 bits per heavy atom. The van der Waals surface area contributed by atoms with Gasteiger partial charge in [0.15, 0.2) is 0 Å². The molecule has 174 valence electrons. The fourth-order valence-electron chi connectivity index (χ4n) is 5.59. The summed E-state index contributed by atoms with van der Waals surface area (Å²) in [5, 5.41) is 9.02. The van der Waals surface area contributed by atoms with E-state index in [-0.39, 0.29) is 36.3 Å². The van der Waals surface area contributed by atoms with Gasteiger partial charge in [0.05, 0.1) is 36.9 Å². The van der Waals surface area contributed by atoms with Crippen molar-refractivity contribution in [1.82, 2.24) is 4.90 Å². The number of nitrogens with zero attached hydrogens (tertiary/aromatic N) is 2. The fraction of sp³-hybridized carbons (Fsp3) is 0.241. The summed E-state index contributed by atoms with van der Waals surface area (Å²) < 4.78 is 26.3. The van der Waals surface area contributed by atoms with Crippen molar-refractivity contribution in [3.63, 3.8) is 0 Å². The third-order valence-corrected chi connectivity index (χ3v) is 7.19. The van der Waals surface area contributed by atoms with Crippen LogP contribution in [0.5, 0.6) is 0 Å². The molecule has 1 aliphatic carbocycles. The van der Waals surface area contributed by atoms with Crippen LogP contribution in [0.25, 0.3) is 16.7 Å². The first kappa shape index (κ1) is 21.6. The van der Waals surface area contributed by atoms with Gasteiger partial charge in [-0.05, 0) is 46.4 Å². The van der Waals surface area contributed by atoms with E-state index in [0.717, 1.165) is 5.57 Å². The van der Waals surface area contributed by atoms with Gasteiger partial charge in [-0.1, -0.05) is 60.7 Å². The van der Waals surface area contributed by atoms with Crippen molar-refractivity contribution in [2.75, 3.05) is 19.8 Å². The summed E-state index contributed by atoms with van der Waals surface area (Å²) in [6.45, 7) is 0.961. The molecule has 3 aromatic rings. The number of amides is 1. The molecule has 1 fully saturated rings. The number of fused-ring (bicyclic) bond motifs is 5. The number of ether oxygens (including phenoxy) is 2. The van der Waals surface area contributed by atoms with Gasteiger partial charge in [-0.2, -0.15) is 5.26 Å².